The molecule has 0 atom stereocenters. The highest BCUT2D eigenvalue weighted by molar-refractivity contribution is 9.10. The van der Waals surface area contributed by atoms with E-state index in [1.807, 2.05) is 66.7 Å². The molecule has 0 spiro atoms. The Bertz CT molecular complexity index is 831. The summed E-state index contributed by atoms with van der Waals surface area (Å²) in [6.45, 7) is -0.162. The first-order chi connectivity index (χ1) is 11.7. The van der Waals surface area contributed by atoms with Crippen molar-refractivity contribution >= 4 is 21.9 Å². The summed E-state index contributed by atoms with van der Waals surface area (Å²) in [7, 11) is 0. The van der Waals surface area contributed by atoms with E-state index in [1.165, 1.54) is 0 Å². The molecule has 0 saturated carbocycles. The summed E-state index contributed by atoms with van der Waals surface area (Å²) in [5.41, 5.74) is 1.97. The Labute approximate surface area is 149 Å². The van der Waals surface area contributed by atoms with Gasteiger partial charge in [0, 0.05) is 5.56 Å². The summed E-state index contributed by atoms with van der Waals surface area (Å²) in [5, 5.41) is 0. The molecule has 24 heavy (non-hydrogen) atoms. The van der Waals surface area contributed by atoms with E-state index in [1.54, 1.807) is 12.1 Å². The van der Waals surface area contributed by atoms with E-state index in [9.17, 15) is 4.79 Å². The molecule has 0 heterocycles. The molecule has 3 rings (SSSR count). The van der Waals surface area contributed by atoms with E-state index in [4.69, 9.17) is 9.47 Å². The Hall–Kier alpha value is -2.59. The molecule has 0 N–H and O–H groups in total. The van der Waals surface area contributed by atoms with Gasteiger partial charge in [0.25, 0.3) is 0 Å². The number of para-hydroxylation sites is 2. The molecule has 0 saturated heterocycles. The molecule has 0 bridgehead atoms. The molecule has 0 amide bonds. The van der Waals surface area contributed by atoms with Gasteiger partial charge in [-0.05, 0) is 39.7 Å². The second-order valence-electron chi connectivity index (χ2n) is 5.06. The Balaban J connectivity index is 1.69. The lowest BCUT2D eigenvalue weighted by atomic mass is 10.1. The topological polar surface area (TPSA) is 35.5 Å². The molecule has 0 aromatic heterocycles. The number of hydrogen-bond acceptors (Lipinski definition) is 3. The van der Waals surface area contributed by atoms with Crippen molar-refractivity contribution in [2.45, 2.75) is 0 Å². The lowest BCUT2D eigenvalue weighted by Crippen LogP contribution is -2.18. The Morgan fingerprint density at radius 2 is 1.42 bits per heavy atom. The van der Waals surface area contributed by atoms with Gasteiger partial charge in [0.15, 0.2) is 6.61 Å². The maximum absolute atomic E-state index is 12.0. The third-order valence-corrected chi connectivity index (χ3v) is 4.03. The van der Waals surface area contributed by atoms with Crippen LogP contribution in [0.25, 0.3) is 11.1 Å². The average molecular weight is 383 g/mol. The van der Waals surface area contributed by atoms with Gasteiger partial charge in [-0.2, -0.15) is 0 Å². The number of rotatable bonds is 5. The standard InChI is InChI=1S/C20H15BrO3/c21-17-11-5-7-13-19(17)24-20(22)14-23-18-12-6-4-10-16(18)15-8-2-1-3-9-15/h1-13H,14H2. The zero-order valence-electron chi connectivity index (χ0n) is 12.8. The molecule has 0 aliphatic heterocycles. The zero-order valence-corrected chi connectivity index (χ0v) is 14.4. The van der Waals surface area contributed by atoms with Gasteiger partial charge in [0.05, 0.1) is 4.47 Å². The smallest absolute Gasteiger partial charge is 0.349 e. The van der Waals surface area contributed by atoms with Gasteiger partial charge < -0.3 is 9.47 Å². The summed E-state index contributed by atoms with van der Waals surface area (Å²) in [4.78, 5) is 12.0. The fourth-order valence-corrected chi connectivity index (χ4v) is 2.63. The molecule has 0 unspecified atom stereocenters. The normalized spacial score (nSPS) is 10.2. The van der Waals surface area contributed by atoms with Gasteiger partial charge in [-0.1, -0.05) is 60.7 Å². The quantitative estimate of drug-likeness (QED) is 0.454. The van der Waals surface area contributed by atoms with Crippen molar-refractivity contribution in [3.63, 3.8) is 0 Å². The predicted octanol–water partition coefficient (Wildman–Crippen LogP) is 5.10. The number of esters is 1. The first kappa shape index (κ1) is 16.3. The SMILES string of the molecule is O=C(COc1ccccc1-c1ccccc1)Oc1ccccc1Br. The third-order valence-electron chi connectivity index (χ3n) is 3.38. The fraction of sp³-hybridized carbons (Fsp3) is 0.0500. The van der Waals surface area contributed by atoms with Crippen molar-refractivity contribution in [2.75, 3.05) is 6.61 Å². The van der Waals surface area contributed by atoms with Crippen LogP contribution in [0.2, 0.25) is 0 Å². The molecule has 3 aromatic carbocycles. The van der Waals surface area contributed by atoms with Gasteiger partial charge in [-0.3, -0.25) is 0 Å². The van der Waals surface area contributed by atoms with E-state index >= 15 is 0 Å². The summed E-state index contributed by atoms with van der Waals surface area (Å²) < 4.78 is 11.7. The van der Waals surface area contributed by atoms with Crippen LogP contribution in [-0.4, -0.2) is 12.6 Å². The summed E-state index contributed by atoms with van der Waals surface area (Å²) in [6.07, 6.45) is 0. The second kappa shape index (κ2) is 7.79. The highest BCUT2D eigenvalue weighted by Gasteiger charge is 2.11. The van der Waals surface area contributed by atoms with Crippen molar-refractivity contribution in [1.82, 2.24) is 0 Å². The van der Waals surface area contributed by atoms with Gasteiger partial charge in [0.1, 0.15) is 11.5 Å². The minimum atomic E-state index is -0.454. The van der Waals surface area contributed by atoms with E-state index in [0.29, 0.717) is 11.5 Å². The lowest BCUT2D eigenvalue weighted by Gasteiger charge is -2.11. The van der Waals surface area contributed by atoms with Crippen LogP contribution in [0.5, 0.6) is 11.5 Å². The van der Waals surface area contributed by atoms with Crippen molar-refractivity contribution in [2.24, 2.45) is 0 Å². The highest BCUT2D eigenvalue weighted by Crippen LogP contribution is 2.29. The highest BCUT2D eigenvalue weighted by atomic mass is 79.9. The molecule has 0 aliphatic carbocycles. The minimum Gasteiger partial charge on any atom is -0.481 e. The number of hydrogen-bond donors (Lipinski definition) is 0. The molecule has 0 radical (unpaired) electrons. The maximum Gasteiger partial charge on any atom is 0.349 e. The first-order valence-corrected chi connectivity index (χ1v) is 8.26. The summed E-state index contributed by atoms with van der Waals surface area (Å²) >= 11 is 3.34. The van der Waals surface area contributed by atoms with Crippen molar-refractivity contribution in [3.8, 4) is 22.6 Å². The maximum atomic E-state index is 12.0. The third kappa shape index (κ3) is 4.03. The lowest BCUT2D eigenvalue weighted by molar-refractivity contribution is -0.136. The van der Waals surface area contributed by atoms with Crippen molar-refractivity contribution < 1.29 is 14.3 Å². The molecule has 3 nitrogen and oxygen atoms in total. The van der Waals surface area contributed by atoms with E-state index in [2.05, 4.69) is 15.9 Å². The number of halogens is 1. The summed E-state index contributed by atoms with van der Waals surface area (Å²) in [5.74, 6) is 0.667. The second-order valence-corrected chi connectivity index (χ2v) is 5.91. The fourth-order valence-electron chi connectivity index (χ4n) is 2.26. The van der Waals surface area contributed by atoms with Crippen LogP contribution in [-0.2, 0) is 4.79 Å². The predicted molar refractivity (Wildman–Crippen MR) is 97.2 cm³/mol. The van der Waals surface area contributed by atoms with Gasteiger partial charge in [0.2, 0.25) is 0 Å². The van der Waals surface area contributed by atoms with Crippen LogP contribution in [0.3, 0.4) is 0 Å². The number of carbonyl (C=O) groups excluding carboxylic acids is 1. The van der Waals surface area contributed by atoms with Crippen molar-refractivity contribution in [3.05, 3.63) is 83.3 Å². The summed E-state index contributed by atoms with van der Waals surface area (Å²) in [6, 6.07) is 24.7. The largest absolute Gasteiger partial charge is 0.481 e. The molecular formula is C20H15BrO3. The molecule has 120 valence electrons. The van der Waals surface area contributed by atoms with Crippen molar-refractivity contribution in [1.29, 1.82) is 0 Å². The molecule has 3 aromatic rings. The zero-order chi connectivity index (χ0) is 16.8. The first-order valence-electron chi connectivity index (χ1n) is 7.46. The number of ether oxygens (including phenoxy) is 2. The van der Waals surface area contributed by atoms with Gasteiger partial charge in [-0.15, -0.1) is 0 Å². The van der Waals surface area contributed by atoms with Crippen LogP contribution < -0.4 is 9.47 Å². The van der Waals surface area contributed by atoms with Crippen LogP contribution in [0.15, 0.2) is 83.3 Å². The Morgan fingerprint density at radius 1 is 0.792 bits per heavy atom. The monoisotopic (exact) mass is 382 g/mol. The molecule has 4 heteroatoms. The van der Waals surface area contributed by atoms with Crippen LogP contribution >= 0.6 is 15.9 Å². The minimum absolute atomic E-state index is 0.162. The van der Waals surface area contributed by atoms with E-state index in [-0.39, 0.29) is 6.61 Å². The average Bonchev–Trinajstić information content (AvgIpc) is 2.63. The van der Waals surface area contributed by atoms with E-state index in [0.717, 1.165) is 15.6 Å². The van der Waals surface area contributed by atoms with E-state index < -0.39 is 5.97 Å². The van der Waals surface area contributed by atoms with Crippen LogP contribution in [0, 0.1) is 0 Å². The van der Waals surface area contributed by atoms with Crippen LogP contribution in [0.1, 0.15) is 0 Å². The molecule has 0 aliphatic rings. The number of benzene rings is 3. The van der Waals surface area contributed by atoms with Crippen LogP contribution in [0.4, 0.5) is 0 Å². The number of carbonyl (C=O) groups is 1. The molecule has 0 fully saturated rings. The van der Waals surface area contributed by atoms with Gasteiger partial charge in [-0.25, -0.2) is 4.79 Å². The Morgan fingerprint density at radius 3 is 2.17 bits per heavy atom. The molecular weight excluding hydrogens is 368 g/mol. The van der Waals surface area contributed by atoms with Gasteiger partial charge >= 0.3 is 5.97 Å². The Kier molecular flexibility index (Phi) is 5.29.